The highest BCUT2D eigenvalue weighted by Gasteiger charge is 2.30. The lowest BCUT2D eigenvalue weighted by Gasteiger charge is -2.39. The van der Waals surface area contributed by atoms with Crippen molar-refractivity contribution in [3.8, 4) is 17.0 Å². The van der Waals surface area contributed by atoms with E-state index >= 15 is 0 Å². The van der Waals surface area contributed by atoms with Gasteiger partial charge in [-0.1, -0.05) is 13.8 Å². The summed E-state index contributed by atoms with van der Waals surface area (Å²) in [6.45, 7) is 7.11. The smallest absolute Gasteiger partial charge is 0.129 e. The Bertz CT molecular complexity index is 1020. The summed E-state index contributed by atoms with van der Waals surface area (Å²) in [7, 11) is 0. The van der Waals surface area contributed by atoms with Gasteiger partial charge in [-0.2, -0.15) is 5.10 Å². The predicted octanol–water partition coefficient (Wildman–Crippen LogP) is 5.20. The van der Waals surface area contributed by atoms with E-state index in [9.17, 15) is 0 Å². The Balaban J connectivity index is 1.29. The van der Waals surface area contributed by atoms with Gasteiger partial charge in [-0.15, -0.1) is 0 Å². The highest BCUT2D eigenvalue weighted by atomic mass is 16.5. The molecule has 0 atom stereocenters. The second-order valence-electron chi connectivity index (χ2n) is 9.05. The molecule has 1 N–H and O–H groups in total. The second-order valence-corrected chi connectivity index (χ2v) is 9.05. The molecule has 0 bridgehead atoms. The van der Waals surface area contributed by atoms with E-state index in [0.29, 0.717) is 12.2 Å². The number of piperidine rings is 1. The molecule has 1 saturated heterocycles. The van der Waals surface area contributed by atoms with Gasteiger partial charge in [-0.05, 0) is 68.4 Å². The van der Waals surface area contributed by atoms with Gasteiger partial charge in [0, 0.05) is 30.2 Å². The first-order valence-electron chi connectivity index (χ1n) is 11.7. The third-order valence-electron chi connectivity index (χ3n) is 6.51. The number of anilines is 1. The topological polar surface area (TPSA) is 63.3 Å². The van der Waals surface area contributed by atoms with Crippen LogP contribution < -0.4 is 9.64 Å². The highest BCUT2D eigenvalue weighted by Crippen LogP contribution is 2.33. The SMILES string of the molecule is CCCOc1ccc2[nH]nc(-c3ccnc(N4CCC(OC5CC(C)C5)CC4)c3)c2c1. The van der Waals surface area contributed by atoms with Crippen molar-refractivity contribution < 1.29 is 9.47 Å². The van der Waals surface area contributed by atoms with Crippen LogP contribution in [0.3, 0.4) is 0 Å². The molecule has 0 amide bonds. The third-order valence-corrected chi connectivity index (χ3v) is 6.51. The number of ether oxygens (including phenoxy) is 2. The van der Waals surface area contributed by atoms with E-state index in [1.54, 1.807) is 0 Å². The maximum atomic E-state index is 6.28. The molecule has 164 valence electrons. The first kappa shape index (κ1) is 20.3. The Kier molecular flexibility index (Phi) is 5.81. The van der Waals surface area contributed by atoms with E-state index in [1.807, 2.05) is 24.4 Å². The summed E-state index contributed by atoms with van der Waals surface area (Å²) >= 11 is 0. The van der Waals surface area contributed by atoms with Gasteiger partial charge in [-0.3, -0.25) is 5.10 Å². The average molecular weight is 421 g/mol. The van der Waals surface area contributed by atoms with Crippen molar-refractivity contribution in [1.82, 2.24) is 15.2 Å². The first-order chi connectivity index (χ1) is 15.2. The summed E-state index contributed by atoms with van der Waals surface area (Å²) in [6.07, 6.45) is 8.37. The van der Waals surface area contributed by atoms with Gasteiger partial charge in [0.1, 0.15) is 17.3 Å². The second kappa shape index (κ2) is 8.87. The number of H-pyrrole nitrogens is 1. The Morgan fingerprint density at radius 2 is 1.94 bits per heavy atom. The van der Waals surface area contributed by atoms with Gasteiger partial charge < -0.3 is 14.4 Å². The minimum absolute atomic E-state index is 0.397. The Morgan fingerprint density at radius 1 is 1.10 bits per heavy atom. The number of hydrogen-bond acceptors (Lipinski definition) is 5. The van der Waals surface area contributed by atoms with E-state index in [-0.39, 0.29) is 0 Å². The van der Waals surface area contributed by atoms with Crippen LogP contribution in [-0.2, 0) is 4.74 Å². The first-order valence-corrected chi connectivity index (χ1v) is 11.7. The maximum Gasteiger partial charge on any atom is 0.129 e. The van der Waals surface area contributed by atoms with Gasteiger partial charge in [-0.25, -0.2) is 4.98 Å². The zero-order valence-corrected chi connectivity index (χ0v) is 18.5. The predicted molar refractivity (Wildman–Crippen MR) is 124 cm³/mol. The summed E-state index contributed by atoms with van der Waals surface area (Å²) in [5, 5.41) is 8.82. The van der Waals surface area contributed by atoms with Gasteiger partial charge in [0.05, 0.1) is 24.3 Å². The molecule has 3 aromatic rings. The highest BCUT2D eigenvalue weighted by molar-refractivity contribution is 5.94. The van der Waals surface area contributed by atoms with E-state index < -0.39 is 0 Å². The van der Waals surface area contributed by atoms with Gasteiger partial charge >= 0.3 is 0 Å². The molecule has 0 radical (unpaired) electrons. The number of aromatic nitrogens is 3. The molecule has 3 heterocycles. The molecule has 1 saturated carbocycles. The van der Waals surface area contributed by atoms with Gasteiger partial charge in [0.25, 0.3) is 0 Å². The fraction of sp³-hybridized carbons (Fsp3) is 0.520. The van der Waals surface area contributed by atoms with Gasteiger partial charge in [0.15, 0.2) is 0 Å². The minimum Gasteiger partial charge on any atom is -0.494 e. The minimum atomic E-state index is 0.397. The van der Waals surface area contributed by atoms with Crippen molar-refractivity contribution in [1.29, 1.82) is 0 Å². The molecule has 1 aromatic carbocycles. The van der Waals surface area contributed by atoms with Crippen molar-refractivity contribution >= 4 is 16.7 Å². The molecule has 2 aromatic heterocycles. The van der Waals surface area contributed by atoms with Crippen molar-refractivity contribution in [3.63, 3.8) is 0 Å². The van der Waals surface area contributed by atoms with E-state index in [4.69, 9.17) is 9.47 Å². The zero-order chi connectivity index (χ0) is 21.2. The zero-order valence-electron chi connectivity index (χ0n) is 18.5. The number of aromatic amines is 1. The Labute approximate surface area is 184 Å². The number of fused-ring (bicyclic) bond motifs is 1. The van der Waals surface area contributed by atoms with E-state index in [2.05, 4.69) is 46.1 Å². The molecular formula is C25H32N4O2. The standard InChI is InChI=1S/C25H32N4O2/c1-3-12-30-20-4-5-23-22(16-20)25(28-27-23)18-6-9-26-24(15-18)29-10-7-19(8-11-29)31-21-13-17(2)14-21/h4-6,9,15-17,19,21H,3,7-8,10-14H2,1-2H3,(H,27,28). The number of hydrogen-bond donors (Lipinski definition) is 1. The van der Waals surface area contributed by atoms with Crippen molar-refractivity contribution in [2.75, 3.05) is 24.6 Å². The summed E-state index contributed by atoms with van der Waals surface area (Å²) in [5.74, 6) is 2.74. The molecule has 2 aliphatic rings. The lowest BCUT2D eigenvalue weighted by molar-refractivity contribution is -0.0791. The molecule has 31 heavy (non-hydrogen) atoms. The molecule has 0 spiro atoms. The van der Waals surface area contributed by atoms with Crippen LogP contribution >= 0.6 is 0 Å². The number of benzene rings is 1. The summed E-state index contributed by atoms with van der Waals surface area (Å²) in [4.78, 5) is 7.03. The molecule has 6 heteroatoms. The van der Waals surface area contributed by atoms with E-state index in [0.717, 1.165) is 78.6 Å². The van der Waals surface area contributed by atoms with Crippen LogP contribution in [-0.4, -0.2) is 47.1 Å². The van der Waals surface area contributed by atoms with Crippen LogP contribution in [0.5, 0.6) is 5.75 Å². The van der Waals surface area contributed by atoms with Crippen molar-refractivity contribution in [3.05, 3.63) is 36.5 Å². The van der Waals surface area contributed by atoms with Crippen LogP contribution in [0.2, 0.25) is 0 Å². The normalized spacial score (nSPS) is 21.9. The number of pyridine rings is 1. The molecular weight excluding hydrogens is 388 g/mol. The summed E-state index contributed by atoms with van der Waals surface area (Å²) in [6, 6.07) is 10.3. The number of nitrogens with zero attached hydrogens (tertiary/aromatic N) is 3. The Morgan fingerprint density at radius 3 is 2.71 bits per heavy atom. The lowest BCUT2D eigenvalue weighted by atomic mass is 9.84. The van der Waals surface area contributed by atoms with Crippen molar-refractivity contribution in [2.24, 2.45) is 5.92 Å². The monoisotopic (exact) mass is 420 g/mol. The van der Waals surface area contributed by atoms with Crippen LogP contribution in [0.1, 0.15) is 46.0 Å². The quantitative estimate of drug-likeness (QED) is 0.569. The third kappa shape index (κ3) is 4.40. The summed E-state index contributed by atoms with van der Waals surface area (Å²) in [5.41, 5.74) is 3.03. The van der Waals surface area contributed by atoms with Crippen molar-refractivity contribution in [2.45, 2.75) is 58.2 Å². The molecule has 0 unspecified atom stereocenters. The number of nitrogens with one attached hydrogen (secondary N) is 1. The molecule has 6 nitrogen and oxygen atoms in total. The molecule has 1 aliphatic carbocycles. The lowest BCUT2D eigenvalue weighted by Crippen LogP contribution is -2.41. The van der Waals surface area contributed by atoms with E-state index in [1.165, 1.54) is 12.8 Å². The van der Waals surface area contributed by atoms with Crippen LogP contribution in [0.15, 0.2) is 36.5 Å². The molecule has 2 fully saturated rings. The molecule has 5 rings (SSSR count). The average Bonchev–Trinajstić information content (AvgIpc) is 3.20. The Hall–Kier alpha value is -2.60. The fourth-order valence-corrected chi connectivity index (χ4v) is 4.69. The van der Waals surface area contributed by atoms with Crippen LogP contribution in [0.25, 0.3) is 22.2 Å². The molecule has 1 aliphatic heterocycles. The maximum absolute atomic E-state index is 6.28. The fourth-order valence-electron chi connectivity index (χ4n) is 4.69. The van der Waals surface area contributed by atoms with Crippen LogP contribution in [0.4, 0.5) is 5.82 Å². The van der Waals surface area contributed by atoms with Gasteiger partial charge in [0.2, 0.25) is 0 Å². The van der Waals surface area contributed by atoms with Crippen LogP contribution in [0, 0.1) is 5.92 Å². The summed E-state index contributed by atoms with van der Waals surface area (Å²) < 4.78 is 12.1. The number of rotatable bonds is 7. The largest absolute Gasteiger partial charge is 0.494 e.